The van der Waals surface area contributed by atoms with Crippen LogP contribution in [-0.4, -0.2) is 55.9 Å². The van der Waals surface area contributed by atoms with Crippen LogP contribution in [0.5, 0.6) is 0 Å². The molecule has 0 aliphatic carbocycles. The van der Waals surface area contributed by atoms with E-state index in [0.717, 1.165) is 32.5 Å². The lowest BCUT2D eigenvalue weighted by Gasteiger charge is -2.34. The number of urea groups is 1. The van der Waals surface area contributed by atoms with E-state index in [1.165, 1.54) is 25.8 Å². The number of likely N-dealkylation sites (N-methyl/N-ethyl adjacent to an activating group) is 1. The first-order chi connectivity index (χ1) is 9.29. The van der Waals surface area contributed by atoms with E-state index in [1.54, 1.807) is 0 Å². The number of likely N-dealkylation sites (tertiary alicyclic amines) is 1. The second-order valence-electron chi connectivity index (χ2n) is 5.50. The van der Waals surface area contributed by atoms with E-state index in [9.17, 15) is 4.79 Å². The zero-order chi connectivity index (χ0) is 13.5. The lowest BCUT2D eigenvalue weighted by atomic mass is 10.0. The summed E-state index contributed by atoms with van der Waals surface area (Å²) in [6.07, 6.45) is 6.15. The number of amides is 2. The Hall–Kier alpha value is -0.810. The van der Waals surface area contributed by atoms with Gasteiger partial charge in [-0.2, -0.15) is 0 Å². The van der Waals surface area contributed by atoms with Crippen LogP contribution in [0.2, 0.25) is 0 Å². The quantitative estimate of drug-likeness (QED) is 0.792. The maximum atomic E-state index is 11.7. The van der Waals surface area contributed by atoms with Crippen LogP contribution in [0, 0.1) is 0 Å². The second kappa shape index (κ2) is 7.70. The van der Waals surface area contributed by atoms with Gasteiger partial charge in [-0.05, 0) is 38.8 Å². The van der Waals surface area contributed by atoms with Crippen LogP contribution >= 0.6 is 0 Å². The SMILES string of the molecule is CCN1CCCC[C@@H]1CNC(=O)NC[C@@H]1CCCO1. The maximum Gasteiger partial charge on any atom is 0.314 e. The van der Waals surface area contributed by atoms with Gasteiger partial charge in [-0.1, -0.05) is 13.3 Å². The van der Waals surface area contributed by atoms with Crippen LogP contribution in [0.3, 0.4) is 0 Å². The molecule has 0 aromatic heterocycles. The average Bonchev–Trinajstić information content (AvgIpc) is 2.96. The van der Waals surface area contributed by atoms with Crippen molar-refractivity contribution in [3.05, 3.63) is 0 Å². The smallest absolute Gasteiger partial charge is 0.314 e. The lowest BCUT2D eigenvalue weighted by Crippen LogP contribution is -2.49. The number of piperidine rings is 1. The number of rotatable bonds is 5. The largest absolute Gasteiger partial charge is 0.376 e. The molecule has 110 valence electrons. The van der Waals surface area contributed by atoms with Crippen molar-refractivity contribution in [3.63, 3.8) is 0 Å². The standard InChI is InChI=1S/C14H27N3O2/c1-2-17-8-4-3-6-12(17)10-15-14(18)16-11-13-7-5-9-19-13/h12-13H,2-11H2,1H3,(H2,15,16,18)/t12-,13+/m1/s1. The summed E-state index contributed by atoms with van der Waals surface area (Å²) in [5.74, 6) is 0. The summed E-state index contributed by atoms with van der Waals surface area (Å²) < 4.78 is 5.48. The van der Waals surface area contributed by atoms with Crippen LogP contribution in [0.25, 0.3) is 0 Å². The van der Waals surface area contributed by atoms with Crippen molar-refractivity contribution in [2.75, 3.05) is 32.8 Å². The highest BCUT2D eigenvalue weighted by Crippen LogP contribution is 2.15. The minimum Gasteiger partial charge on any atom is -0.376 e. The van der Waals surface area contributed by atoms with Crippen molar-refractivity contribution in [2.24, 2.45) is 0 Å². The third kappa shape index (κ3) is 4.66. The molecule has 0 unspecified atom stereocenters. The molecule has 19 heavy (non-hydrogen) atoms. The first-order valence-corrected chi connectivity index (χ1v) is 7.67. The van der Waals surface area contributed by atoms with Gasteiger partial charge in [-0.15, -0.1) is 0 Å². The molecular formula is C14H27N3O2. The molecule has 0 radical (unpaired) electrons. The number of hydrogen-bond donors (Lipinski definition) is 2. The molecule has 2 amide bonds. The van der Waals surface area contributed by atoms with Gasteiger partial charge in [0.1, 0.15) is 0 Å². The van der Waals surface area contributed by atoms with Crippen LogP contribution in [0.4, 0.5) is 4.79 Å². The maximum absolute atomic E-state index is 11.7. The van der Waals surface area contributed by atoms with Gasteiger partial charge in [0.25, 0.3) is 0 Å². The zero-order valence-electron chi connectivity index (χ0n) is 12.0. The molecule has 2 heterocycles. The summed E-state index contributed by atoms with van der Waals surface area (Å²) in [5, 5.41) is 5.90. The van der Waals surface area contributed by atoms with E-state index < -0.39 is 0 Å². The Balaban J connectivity index is 1.61. The highest BCUT2D eigenvalue weighted by molar-refractivity contribution is 5.73. The van der Waals surface area contributed by atoms with E-state index >= 15 is 0 Å². The van der Waals surface area contributed by atoms with Crippen molar-refractivity contribution in [3.8, 4) is 0 Å². The number of carbonyl (C=O) groups excluding carboxylic acids is 1. The molecule has 2 rings (SSSR count). The summed E-state index contributed by atoms with van der Waals surface area (Å²) in [6.45, 7) is 6.65. The molecule has 2 atom stereocenters. The molecule has 2 fully saturated rings. The van der Waals surface area contributed by atoms with Gasteiger partial charge >= 0.3 is 6.03 Å². The second-order valence-corrected chi connectivity index (χ2v) is 5.50. The van der Waals surface area contributed by atoms with Gasteiger partial charge in [-0.3, -0.25) is 4.90 Å². The fourth-order valence-electron chi connectivity index (χ4n) is 2.99. The summed E-state index contributed by atoms with van der Waals surface area (Å²) in [6, 6.07) is 0.448. The number of nitrogens with one attached hydrogen (secondary N) is 2. The molecule has 2 N–H and O–H groups in total. The van der Waals surface area contributed by atoms with Crippen molar-refractivity contribution in [2.45, 2.75) is 51.2 Å². The summed E-state index contributed by atoms with van der Waals surface area (Å²) >= 11 is 0. The van der Waals surface area contributed by atoms with Crippen molar-refractivity contribution >= 4 is 6.03 Å². The van der Waals surface area contributed by atoms with Crippen LogP contribution in [0.1, 0.15) is 39.0 Å². The minimum atomic E-state index is -0.0582. The molecule has 0 aromatic rings. The summed E-state index contributed by atoms with van der Waals surface area (Å²) in [7, 11) is 0. The molecule has 5 nitrogen and oxygen atoms in total. The average molecular weight is 269 g/mol. The third-order valence-electron chi connectivity index (χ3n) is 4.17. The van der Waals surface area contributed by atoms with Crippen LogP contribution in [-0.2, 0) is 4.74 Å². The van der Waals surface area contributed by atoms with E-state index in [-0.39, 0.29) is 12.1 Å². The van der Waals surface area contributed by atoms with Gasteiger partial charge < -0.3 is 15.4 Å². The van der Waals surface area contributed by atoms with Crippen molar-refractivity contribution in [1.82, 2.24) is 15.5 Å². The normalized spacial score (nSPS) is 28.3. The predicted molar refractivity (Wildman–Crippen MR) is 75.3 cm³/mol. The highest BCUT2D eigenvalue weighted by atomic mass is 16.5. The number of hydrogen-bond acceptors (Lipinski definition) is 3. The fraction of sp³-hybridized carbons (Fsp3) is 0.929. The molecule has 0 spiro atoms. The molecule has 2 aliphatic heterocycles. The van der Waals surface area contributed by atoms with Crippen LogP contribution in [0.15, 0.2) is 0 Å². The number of carbonyl (C=O) groups is 1. The highest BCUT2D eigenvalue weighted by Gasteiger charge is 2.21. The summed E-state index contributed by atoms with van der Waals surface area (Å²) in [5.41, 5.74) is 0. The number of ether oxygens (including phenoxy) is 1. The minimum absolute atomic E-state index is 0.0582. The molecule has 5 heteroatoms. The van der Waals surface area contributed by atoms with E-state index in [4.69, 9.17) is 4.74 Å². The Labute approximate surface area is 116 Å². The monoisotopic (exact) mass is 269 g/mol. The Bertz CT molecular complexity index is 280. The molecule has 0 aromatic carbocycles. The Morgan fingerprint density at radius 1 is 1.21 bits per heavy atom. The Morgan fingerprint density at radius 3 is 2.79 bits per heavy atom. The van der Waals surface area contributed by atoms with Gasteiger partial charge in [0.15, 0.2) is 0 Å². The molecule has 2 saturated heterocycles. The van der Waals surface area contributed by atoms with E-state index in [0.29, 0.717) is 12.6 Å². The van der Waals surface area contributed by atoms with Crippen LogP contribution < -0.4 is 10.6 Å². The lowest BCUT2D eigenvalue weighted by molar-refractivity contribution is 0.111. The summed E-state index contributed by atoms with van der Waals surface area (Å²) in [4.78, 5) is 14.2. The zero-order valence-corrected chi connectivity index (χ0v) is 12.0. The first kappa shape index (κ1) is 14.6. The third-order valence-corrected chi connectivity index (χ3v) is 4.17. The molecule has 0 saturated carbocycles. The molecular weight excluding hydrogens is 242 g/mol. The first-order valence-electron chi connectivity index (χ1n) is 7.67. The van der Waals surface area contributed by atoms with Crippen molar-refractivity contribution < 1.29 is 9.53 Å². The molecule has 0 bridgehead atoms. The molecule has 2 aliphatic rings. The van der Waals surface area contributed by atoms with Gasteiger partial charge in [0.05, 0.1) is 6.10 Å². The van der Waals surface area contributed by atoms with Gasteiger partial charge in [0.2, 0.25) is 0 Å². The van der Waals surface area contributed by atoms with E-state index in [1.807, 2.05) is 0 Å². The number of nitrogens with zero attached hydrogens (tertiary/aromatic N) is 1. The Kier molecular flexibility index (Phi) is 5.92. The van der Waals surface area contributed by atoms with Gasteiger partial charge in [0, 0.05) is 25.7 Å². The fourth-order valence-corrected chi connectivity index (χ4v) is 2.99. The van der Waals surface area contributed by atoms with Gasteiger partial charge in [-0.25, -0.2) is 4.79 Å². The van der Waals surface area contributed by atoms with E-state index in [2.05, 4.69) is 22.5 Å². The topological polar surface area (TPSA) is 53.6 Å². The predicted octanol–water partition coefficient (Wildman–Crippen LogP) is 1.34. The van der Waals surface area contributed by atoms with Crippen molar-refractivity contribution in [1.29, 1.82) is 0 Å². The Morgan fingerprint density at radius 2 is 2.05 bits per heavy atom.